The minimum Gasteiger partial charge on any atom is -0.480 e. The van der Waals surface area contributed by atoms with E-state index in [9.17, 15) is 14.0 Å². The molecule has 7 heteroatoms. The minimum absolute atomic E-state index is 0.0257. The summed E-state index contributed by atoms with van der Waals surface area (Å²) in [5.41, 5.74) is -0.0257. The Kier molecular flexibility index (Phi) is 5.06. The van der Waals surface area contributed by atoms with Crippen LogP contribution in [0.2, 0.25) is 5.02 Å². The van der Waals surface area contributed by atoms with Crippen LogP contribution in [0.3, 0.4) is 0 Å². The number of amides is 1. The fraction of sp³-hybridized carbons (Fsp3) is 0.273. The van der Waals surface area contributed by atoms with Gasteiger partial charge in [-0.15, -0.1) is 0 Å². The van der Waals surface area contributed by atoms with Gasteiger partial charge in [0.2, 0.25) is 0 Å². The first kappa shape index (κ1) is 14.4. The minimum atomic E-state index is -1.27. The number of carbonyl (C=O) groups is 2. The Hall–Kier alpha value is -1.66. The second-order valence-electron chi connectivity index (χ2n) is 3.50. The zero-order valence-electron chi connectivity index (χ0n) is 9.19. The van der Waals surface area contributed by atoms with E-state index in [1.54, 1.807) is 0 Å². The molecule has 1 aromatic rings. The summed E-state index contributed by atoms with van der Waals surface area (Å²) in [5, 5.41) is 19.5. The van der Waals surface area contributed by atoms with Crippen molar-refractivity contribution in [1.82, 2.24) is 5.32 Å². The fourth-order valence-corrected chi connectivity index (χ4v) is 1.55. The fourth-order valence-electron chi connectivity index (χ4n) is 1.30. The predicted octanol–water partition coefficient (Wildman–Crippen LogP) is 1.04. The van der Waals surface area contributed by atoms with Gasteiger partial charge in [0.05, 0.1) is 10.6 Å². The summed E-state index contributed by atoms with van der Waals surface area (Å²) in [4.78, 5) is 22.5. The molecule has 0 aliphatic carbocycles. The largest absolute Gasteiger partial charge is 0.480 e. The van der Waals surface area contributed by atoms with Gasteiger partial charge in [0.1, 0.15) is 11.9 Å². The lowest BCUT2D eigenvalue weighted by Crippen LogP contribution is -2.41. The van der Waals surface area contributed by atoms with E-state index in [4.69, 9.17) is 21.8 Å². The molecule has 18 heavy (non-hydrogen) atoms. The monoisotopic (exact) mass is 275 g/mol. The highest BCUT2D eigenvalue weighted by molar-refractivity contribution is 6.33. The predicted molar refractivity (Wildman–Crippen MR) is 62.0 cm³/mol. The number of halogens is 2. The maximum absolute atomic E-state index is 12.8. The molecule has 0 saturated heterocycles. The van der Waals surface area contributed by atoms with Crippen LogP contribution in [0.4, 0.5) is 4.39 Å². The Morgan fingerprint density at radius 3 is 2.61 bits per heavy atom. The molecule has 1 rings (SSSR count). The molecule has 0 bridgehead atoms. The van der Waals surface area contributed by atoms with Crippen molar-refractivity contribution < 1.29 is 24.2 Å². The smallest absolute Gasteiger partial charge is 0.326 e. The van der Waals surface area contributed by atoms with Crippen molar-refractivity contribution in [3.05, 3.63) is 34.6 Å². The number of benzene rings is 1. The Morgan fingerprint density at radius 2 is 2.11 bits per heavy atom. The molecule has 0 radical (unpaired) electrons. The molecule has 0 aliphatic heterocycles. The molecule has 98 valence electrons. The summed E-state index contributed by atoms with van der Waals surface area (Å²) < 4.78 is 12.8. The van der Waals surface area contributed by atoms with Gasteiger partial charge in [-0.3, -0.25) is 4.79 Å². The summed E-state index contributed by atoms with van der Waals surface area (Å²) in [6, 6.07) is 1.94. The van der Waals surface area contributed by atoms with Crippen LogP contribution in [0.15, 0.2) is 18.2 Å². The zero-order chi connectivity index (χ0) is 13.7. The van der Waals surface area contributed by atoms with Gasteiger partial charge >= 0.3 is 5.97 Å². The van der Waals surface area contributed by atoms with Crippen LogP contribution >= 0.6 is 11.6 Å². The van der Waals surface area contributed by atoms with Crippen molar-refractivity contribution in [3.63, 3.8) is 0 Å². The summed E-state index contributed by atoms with van der Waals surface area (Å²) in [7, 11) is 0. The number of aliphatic carboxylic acids is 1. The number of hydrogen-bond acceptors (Lipinski definition) is 3. The first-order valence-electron chi connectivity index (χ1n) is 5.05. The molecule has 0 spiro atoms. The number of carboxylic acid groups (broad SMARTS) is 1. The Morgan fingerprint density at radius 1 is 1.44 bits per heavy atom. The van der Waals surface area contributed by atoms with Gasteiger partial charge in [0.25, 0.3) is 5.91 Å². The number of carbonyl (C=O) groups excluding carboxylic acids is 1. The van der Waals surface area contributed by atoms with Gasteiger partial charge < -0.3 is 15.5 Å². The Bertz CT molecular complexity index is 466. The topological polar surface area (TPSA) is 86.6 Å². The standard InChI is InChI=1S/C11H11ClFNO4/c12-8-5-6(13)1-2-7(8)10(16)14-9(3-4-15)11(17)18/h1-2,5,9,15H,3-4H2,(H,14,16)(H,17,18)/t9-/m1/s1. The molecule has 0 fully saturated rings. The summed E-state index contributed by atoms with van der Waals surface area (Å²) >= 11 is 5.67. The second-order valence-corrected chi connectivity index (χ2v) is 3.91. The van der Waals surface area contributed by atoms with Crippen LogP contribution in [0, 0.1) is 5.82 Å². The van der Waals surface area contributed by atoms with Crippen LogP contribution < -0.4 is 5.32 Å². The summed E-state index contributed by atoms with van der Waals surface area (Å²) in [6.45, 7) is -0.381. The van der Waals surface area contributed by atoms with Crippen LogP contribution in [-0.4, -0.2) is 34.7 Å². The van der Waals surface area contributed by atoms with Crippen molar-refractivity contribution in [1.29, 1.82) is 0 Å². The van der Waals surface area contributed by atoms with E-state index in [-0.39, 0.29) is 23.6 Å². The van der Waals surface area contributed by atoms with E-state index in [1.807, 2.05) is 0 Å². The first-order chi connectivity index (χ1) is 8.45. The zero-order valence-corrected chi connectivity index (χ0v) is 9.95. The normalized spacial score (nSPS) is 11.9. The van der Waals surface area contributed by atoms with Crippen LogP contribution in [-0.2, 0) is 4.79 Å². The SMILES string of the molecule is O=C(N[C@H](CCO)C(=O)O)c1ccc(F)cc1Cl. The maximum atomic E-state index is 12.8. The van der Waals surface area contributed by atoms with E-state index in [0.29, 0.717) is 0 Å². The maximum Gasteiger partial charge on any atom is 0.326 e. The molecule has 5 nitrogen and oxygen atoms in total. The van der Waals surface area contributed by atoms with Gasteiger partial charge in [-0.25, -0.2) is 9.18 Å². The van der Waals surface area contributed by atoms with Gasteiger partial charge in [-0.2, -0.15) is 0 Å². The van der Waals surface area contributed by atoms with Gasteiger partial charge in [-0.1, -0.05) is 11.6 Å². The number of hydrogen-bond donors (Lipinski definition) is 3. The van der Waals surface area contributed by atoms with Crippen LogP contribution in [0.25, 0.3) is 0 Å². The molecule has 0 heterocycles. The second kappa shape index (κ2) is 6.32. The number of nitrogens with one attached hydrogen (secondary N) is 1. The van der Waals surface area contributed by atoms with Gasteiger partial charge in [0.15, 0.2) is 0 Å². The van der Waals surface area contributed by atoms with Crippen molar-refractivity contribution in [2.45, 2.75) is 12.5 Å². The highest BCUT2D eigenvalue weighted by Crippen LogP contribution is 2.17. The van der Waals surface area contributed by atoms with E-state index < -0.39 is 23.7 Å². The van der Waals surface area contributed by atoms with Gasteiger partial charge in [0, 0.05) is 13.0 Å². The average molecular weight is 276 g/mol. The molecule has 1 aromatic carbocycles. The van der Waals surface area contributed by atoms with Crippen LogP contribution in [0.5, 0.6) is 0 Å². The third kappa shape index (κ3) is 3.68. The summed E-state index contributed by atoms with van der Waals surface area (Å²) in [5.74, 6) is -2.60. The Labute approximate surface area is 107 Å². The number of aliphatic hydroxyl groups excluding tert-OH is 1. The lowest BCUT2D eigenvalue weighted by atomic mass is 10.1. The molecule has 0 aromatic heterocycles. The number of carboxylic acids is 1. The first-order valence-corrected chi connectivity index (χ1v) is 5.43. The molecule has 0 unspecified atom stereocenters. The third-order valence-corrected chi connectivity index (χ3v) is 2.51. The van der Waals surface area contributed by atoms with E-state index >= 15 is 0 Å². The molecule has 1 amide bonds. The molecule has 1 atom stereocenters. The quantitative estimate of drug-likeness (QED) is 0.749. The van der Waals surface area contributed by atoms with E-state index in [0.717, 1.165) is 18.2 Å². The van der Waals surface area contributed by atoms with Crippen molar-refractivity contribution in [2.24, 2.45) is 0 Å². The Balaban J connectivity index is 2.83. The highest BCUT2D eigenvalue weighted by atomic mass is 35.5. The summed E-state index contributed by atoms with van der Waals surface area (Å²) in [6.07, 6.45) is -0.125. The lowest BCUT2D eigenvalue weighted by Gasteiger charge is -2.13. The number of rotatable bonds is 5. The highest BCUT2D eigenvalue weighted by Gasteiger charge is 2.21. The third-order valence-electron chi connectivity index (χ3n) is 2.20. The number of aliphatic hydroxyl groups is 1. The molecular weight excluding hydrogens is 265 g/mol. The van der Waals surface area contributed by atoms with Crippen molar-refractivity contribution in [2.75, 3.05) is 6.61 Å². The van der Waals surface area contributed by atoms with Crippen LogP contribution in [0.1, 0.15) is 16.8 Å². The van der Waals surface area contributed by atoms with Crippen molar-refractivity contribution >= 4 is 23.5 Å². The molecular formula is C11H11ClFNO4. The molecule has 0 aliphatic rings. The average Bonchev–Trinajstić information content (AvgIpc) is 2.27. The lowest BCUT2D eigenvalue weighted by molar-refractivity contribution is -0.139. The van der Waals surface area contributed by atoms with Gasteiger partial charge in [-0.05, 0) is 18.2 Å². The molecule has 0 saturated carbocycles. The van der Waals surface area contributed by atoms with E-state index in [2.05, 4.69) is 5.32 Å². The van der Waals surface area contributed by atoms with E-state index in [1.165, 1.54) is 0 Å². The molecule has 3 N–H and O–H groups in total. The van der Waals surface area contributed by atoms with Crippen molar-refractivity contribution in [3.8, 4) is 0 Å².